The molecule has 0 unspecified atom stereocenters. The Labute approximate surface area is 148 Å². The Kier molecular flexibility index (Phi) is 5.66. The first kappa shape index (κ1) is 18.5. The minimum absolute atomic E-state index is 0.213. The first-order valence-electron chi connectivity index (χ1n) is 8.69. The van der Waals surface area contributed by atoms with Gasteiger partial charge in [0, 0.05) is 13.1 Å². The van der Waals surface area contributed by atoms with Gasteiger partial charge in [0.1, 0.15) is 0 Å². The smallest absolute Gasteiger partial charge is 0.0234 e. The number of aryl methyl sites for hydroxylation is 1. The molecule has 0 saturated carbocycles. The number of allylic oxidation sites excluding steroid dienone is 1. The van der Waals surface area contributed by atoms with Crippen LogP contribution in [-0.2, 0) is 18.5 Å². The number of hydrogen-bond donors (Lipinski definition) is 0. The zero-order valence-electron chi connectivity index (χ0n) is 16.1. The minimum Gasteiger partial charge on any atom is -0.298 e. The second kappa shape index (κ2) is 7.36. The van der Waals surface area contributed by atoms with Crippen LogP contribution in [-0.4, -0.2) is 11.9 Å². The van der Waals surface area contributed by atoms with Gasteiger partial charge in [0.15, 0.2) is 0 Å². The van der Waals surface area contributed by atoms with E-state index in [4.69, 9.17) is 0 Å². The summed E-state index contributed by atoms with van der Waals surface area (Å²) in [5.41, 5.74) is 7.98. The molecule has 0 radical (unpaired) electrons. The Morgan fingerprint density at radius 2 is 1.54 bits per heavy atom. The van der Waals surface area contributed by atoms with Crippen molar-refractivity contribution in [1.29, 1.82) is 0 Å². The third-order valence-corrected chi connectivity index (χ3v) is 4.35. The summed E-state index contributed by atoms with van der Waals surface area (Å²) in [7, 11) is 2.18. The van der Waals surface area contributed by atoms with Crippen LogP contribution in [0.1, 0.15) is 55.5 Å². The fourth-order valence-electron chi connectivity index (χ4n) is 2.99. The molecule has 2 rings (SSSR count). The van der Waals surface area contributed by atoms with Crippen molar-refractivity contribution < 1.29 is 0 Å². The molecule has 0 fully saturated rings. The molecule has 0 amide bonds. The molecule has 0 aliphatic carbocycles. The lowest BCUT2D eigenvalue weighted by atomic mass is 9.87. The van der Waals surface area contributed by atoms with Crippen LogP contribution in [0.25, 0.3) is 5.57 Å². The fourth-order valence-corrected chi connectivity index (χ4v) is 2.99. The SMILES string of the molecule is C=C(C)c1cc(C)cc(CN(C)Cc2ccc(C(C)(C)C)cc2)c1. The number of hydrogen-bond acceptors (Lipinski definition) is 1. The molecule has 1 heteroatoms. The lowest BCUT2D eigenvalue weighted by Crippen LogP contribution is -2.18. The van der Waals surface area contributed by atoms with Crippen molar-refractivity contribution in [2.45, 2.75) is 53.1 Å². The van der Waals surface area contributed by atoms with Gasteiger partial charge in [0.25, 0.3) is 0 Å². The van der Waals surface area contributed by atoms with Gasteiger partial charge in [-0.15, -0.1) is 0 Å². The van der Waals surface area contributed by atoms with Crippen molar-refractivity contribution in [2.75, 3.05) is 7.05 Å². The van der Waals surface area contributed by atoms with E-state index in [9.17, 15) is 0 Å². The molecule has 128 valence electrons. The van der Waals surface area contributed by atoms with Gasteiger partial charge in [0.05, 0.1) is 0 Å². The standard InChI is InChI=1S/C23H31N/c1-17(2)21-13-18(3)12-20(14-21)16-24(7)15-19-8-10-22(11-9-19)23(4,5)6/h8-14H,1,15-16H2,2-7H3. The molecule has 0 aromatic heterocycles. The van der Waals surface area contributed by atoms with Crippen LogP contribution in [0, 0.1) is 6.92 Å². The molecule has 0 aliphatic heterocycles. The van der Waals surface area contributed by atoms with E-state index < -0.39 is 0 Å². The Balaban J connectivity index is 2.05. The van der Waals surface area contributed by atoms with E-state index in [2.05, 4.69) is 95.6 Å². The van der Waals surface area contributed by atoms with Crippen molar-refractivity contribution in [3.8, 4) is 0 Å². The van der Waals surface area contributed by atoms with E-state index in [-0.39, 0.29) is 5.41 Å². The summed E-state index contributed by atoms with van der Waals surface area (Å²) < 4.78 is 0. The molecule has 1 nitrogen and oxygen atoms in total. The lowest BCUT2D eigenvalue weighted by Gasteiger charge is -2.21. The summed E-state index contributed by atoms with van der Waals surface area (Å²) in [6, 6.07) is 15.8. The van der Waals surface area contributed by atoms with Gasteiger partial charge in [-0.05, 0) is 48.6 Å². The third kappa shape index (κ3) is 5.07. The van der Waals surface area contributed by atoms with Crippen LogP contribution < -0.4 is 0 Å². The van der Waals surface area contributed by atoms with Crippen LogP contribution >= 0.6 is 0 Å². The highest BCUT2D eigenvalue weighted by atomic mass is 15.1. The second-order valence-electron chi connectivity index (χ2n) is 8.11. The molecule has 0 spiro atoms. The Morgan fingerprint density at radius 3 is 2.08 bits per heavy atom. The van der Waals surface area contributed by atoms with E-state index in [1.54, 1.807) is 0 Å². The number of rotatable bonds is 5. The fraction of sp³-hybridized carbons (Fsp3) is 0.391. The second-order valence-corrected chi connectivity index (χ2v) is 8.11. The topological polar surface area (TPSA) is 3.24 Å². The molecule has 0 atom stereocenters. The van der Waals surface area contributed by atoms with Crippen molar-refractivity contribution in [3.63, 3.8) is 0 Å². The maximum Gasteiger partial charge on any atom is 0.0234 e. The molecule has 0 N–H and O–H groups in total. The average Bonchev–Trinajstić information content (AvgIpc) is 2.46. The molecule has 2 aromatic carbocycles. The number of nitrogens with zero attached hydrogens (tertiary/aromatic N) is 1. The quantitative estimate of drug-likeness (QED) is 0.657. The summed E-state index contributed by atoms with van der Waals surface area (Å²) in [5.74, 6) is 0. The van der Waals surface area contributed by atoms with E-state index in [0.717, 1.165) is 18.7 Å². The van der Waals surface area contributed by atoms with Crippen LogP contribution in [0.2, 0.25) is 0 Å². The number of benzene rings is 2. The van der Waals surface area contributed by atoms with E-state index in [1.807, 2.05) is 0 Å². The summed E-state index contributed by atoms with van der Waals surface area (Å²) in [4.78, 5) is 2.36. The predicted molar refractivity (Wildman–Crippen MR) is 106 cm³/mol. The summed E-state index contributed by atoms with van der Waals surface area (Å²) in [5, 5.41) is 0. The largest absolute Gasteiger partial charge is 0.298 e. The van der Waals surface area contributed by atoms with Crippen LogP contribution in [0.5, 0.6) is 0 Å². The van der Waals surface area contributed by atoms with Crippen LogP contribution in [0.3, 0.4) is 0 Å². The molecule has 0 aliphatic rings. The normalized spacial score (nSPS) is 11.8. The van der Waals surface area contributed by atoms with E-state index in [0.29, 0.717) is 0 Å². The van der Waals surface area contributed by atoms with E-state index in [1.165, 1.54) is 27.8 Å². The van der Waals surface area contributed by atoms with Gasteiger partial charge < -0.3 is 0 Å². The summed E-state index contributed by atoms with van der Waals surface area (Å²) in [6.07, 6.45) is 0. The lowest BCUT2D eigenvalue weighted by molar-refractivity contribution is 0.319. The minimum atomic E-state index is 0.213. The summed E-state index contributed by atoms with van der Waals surface area (Å²) in [6.45, 7) is 17.0. The highest BCUT2D eigenvalue weighted by Crippen LogP contribution is 2.23. The first-order chi connectivity index (χ1) is 11.1. The average molecular weight is 322 g/mol. The van der Waals surface area contributed by atoms with Crippen LogP contribution in [0.15, 0.2) is 49.0 Å². The van der Waals surface area contributed by atoms with Gasteiger partial charge in [-0.1, -0.05) is 81.0 Å². The van der Waals surface area contributed by atoms with Gasteiger partial charge in [-0.2, -0.15) is 0 Å². The highest BCUT2D eigenvalue weighted by Gasteiger charge is 2.13. The summed E-state index contributed by atoms with van der Waals surface area (Å²) >= 11 is 0. The molecule has 2 aromatic rings. The maximum absolute atomic E-state index is 4.07. The van der Waals surface area contributed by atoms with Crippen LogP contribution in [0.4, 0.5) is 0 Å². The van der Waals surface area contributed by atoms with Gasteiger partial charge >= 0.3 is 0 Å². The molecular formula is C23H31N. The first-order valence-corrected chi connectivity index (χ1v) is 8.69. The van der Waals surface area contributed by atoms with Crippen molar-refractivity contribution in [3.05, 3.63) is 76.9 Å². The molecule has 0 bridgehead atoms. The molecule has 0 saturated heterocycles. The zero-order chi connectivity index (χ0) is 17.9. The van der Waals surface area contributed by atoms with Gasteiger partial charge in [-0.25, -0.2) is 0 Å². The monoisotopic (exact) mass is 321 g/mol. The zero-order valence-corrected chi connectivity index (χ0v) is 16.1. The highest BCUT2D eigenvalue weighted by molar-refractivity contribution is 5.62. The van der Waals surface area contributed by atoms with Crippen molar-refractivity contribution in [1.82, 2.24) is 4.90 Å². The Morgan fingerprint density at radius 1 is 0.958 bits per heavy atom. The van der Waals surface area contributed by atoms with Gasteiger partial charge in [0.2, 0.25) is 0 Å². The molecule has 0 heterocycles. The molecular weight excluding hydrogens is 290 g/mol. The van der Waals surface area contributed by atoms with E-state index >= 15 is 0 Å². The van der Waals surface area contributed by atoms with Crippen molar-refractivity contribution in [2.24, 2.45) is 0 Å². The molecule has 24 heavy (non-hydrogen) atoms. The Bertz CT molecular complexity index is 702. The maximum atomic E-state index is 4.07. The Hall–Kier alpha value is -1.86. The predicted octanol–water partition coefficient (Wildman–Crippen LogP) is 5.96. The van der Waals surface area contributed by atoms with Gasteiger partial charge in [-0.3, -0.25) is 4.90 Å². The van der Waals surface area contributed by atoms with Crippen molar-refractivity contribution >= 4 is 5.57 Å². The third-order valence-electron chi connectivity index (χ3n) is 4.35.